The molecule has 0 bridgehead atoms. The topological polar surface area (TPSA) is 108 Å². The third-order valence-electron chi connectivity index (χ3n) is 6.49. The number of carbonyl (C=O) groups is 4. The van der Waals surface area contributed by atoms with Crippen molar-refractivity contribution in [3.63, 3.8) is 0 Å². The number of unbranched alkanes of at least 4 members (excludes halogenated alkanes) is 1. The normalized spacial score (nSPS) is 18.5. The number of benzene rings is 2. The predicted octanol–water partition coefficient (Wildman–Crippen LogP) is 4.43. The van der Waals surface area contributed by atoms with Gasteiger partial charge < -0.3 is 18.9 Å². The first-order valence-corrected chi connectivity index (χ1v) is 12.9. The number of likely N-dealkylation sites (tertiary alicyclic amines) is 1. The highest BCUT2D eigenvalue weighted by atomic mass is 16.6. The number of hydrogen-bond acceptors (Lipinski definition) is 8. The molecule has 1 amide bonds. The summed E-state index contributed by atoms with van der Waals surface area (Å²) in [6.07, 6.45) is 0.920. The zero-order chi connectivity index (χ0) is 27.5. The third kappa shape index (κ3) is 7.34. The fraction of sp³-hybridized carbons (Fsp3) is 0.448. The second-order valence-corrected chi connectivity index (χ2v) is 9.03. The molecule has 204 valence electrons. The van der Waals surface area contributed by atoms with Gasteiger partial charge in [-0.3, -0.25) is 14.5 Å². The summed E-state index contributed by atoms with van der Waals surface area (Å²) in [7, 11) is 1.23. The van der Waals surface area contributed by atoms with E-state index in [1.54, 1.807) is 31.2 Å². The monoisotopic (exact) mass is 525 g/mol. The Labute approximate surface area is 223 Å². The van der Waals surface area contributed by atoms with E-state index in [1.807, 2.05) is 30.3 Å². The maximum atomic E-state index is 13.6. The van der Waals surface area contributed by atoms with Gasteiger partial charge in [-0.25, -0.2) is 9.59 Å². The maximum absolute atomic E-state index is 13.6. The Balaban J connectivity index is 1.86. The Morgan fingerprint density at radius 3 is 2.29 bits per heavy atom. The average Bonchev–Trinajstić information content (AvgIpc) is 3.31. The van der Waals surface area contributed by atoms with Gasteiger partial charge in [-0.2, -0.15) is 0 Å². The zero-order valence-electron chi connectivity index (χ0n) is 22.1. The third-order valence-corrected chi connectivity index (χ3v) is 6.49. The fourth-order valence-electron chi connectivity index (χ4n) is 4.50. The molecule has 1 fully saturated rings. The standard InChI is InChI=1S/C29H35NO8/c1-4-6-16-37-22-14-12-21(13-15-22)27(32)24-18-30(29(34)38-19-20-10-8-7-9-11-20)26(28(33)36-5-2)23(24)17-25(31)35-3/h7-15,23-24,26H,4-6,16-19H2,1-3H3/t23-,24-,26-/m0/s1. The van der Waals surface area contributed by atoms with Crippen molar-refractivity contribution in [3.05, 3.63) is 65.7 Å². The second kappa shape index (κ2) is 14.2. The predicted molar refractivity (Wildman–Crippen MR) is 139 cm³/mol. The molecule has 1 aliphatic heterocycles. The first kappa shape index (κ1) is 28.7. The summed E-state index contributed by atoms with van der Waals surface area (Å²) >= 11 is 0. The number of carbonyl (C=O) groups excluding carboxylic acids is 4. The van der Waals surface area contributed by atoms with Crippen LogP contribution in [-0.2, 0) is 30.4 Å². The van der Waals surface area contributed by atoms with Crippen molar-refractivity contribution < 1.29 is 38.1 Å². The van der Waals surface area contributed by atoms with E-state index >= 15 is 0 Å². The Morgan fingerprint density at radius 2 is 1.66 bits per heavy atom. The van der Waals surface area contributed by atoms with E-state index in [0.717, 1.165) is 18.4 Å². The molecule has 0 spiro atoms. The lowest BCUT2D eigenvalue weighted by Crippen LogP contribution is -2.45. The van der Waals surface area contributed by atoms with Crippen molar-refractivity contribution >= 4 is 23.8 Å². The summed E-state index contributed by atoms with van der Waals surface area (Å²) in [5.74, 6) is -2.65. The van der Waals surface area contributed by atoms with E-state index in [0.29, 0.717) is 17.9 Å². The van der Waals surface area contributed by atoms with Gasteiger partial charge in [-0.1, -0.05) is 43.7 Å². The second-order valence-electron chi connectivity index (χ2n) is 9.03. The number of rotatable bonds is 12. The molecule has 1 aliphatic rings. The summed E-state index contributed by atoms with van der Waals surface area (Å²) in [5, 5.41) is 0. The van der Waals surface area contributed by atoms with Crippen LogP contribution >= 0.6 is 0 Å². The van der Waals surface area contributed by atoms with Crippen LogP contribution in [0.2, 0.25) is 0 Å². The van der Waals surface area contributed by atoms with Crippen LogP contribution in [0, 0.1) is 11.8 Å². The molecule has 38 heavy (non-hydrogen) atoms. The molecule has 0 radical (unpaired) electrons. The molecule has 9 heteroatoms. The molecule has 0 unspecified atom stereocenters. The van der Waals surface area contributed by atoms with Gasteiger partial charge in [0.05, 0.1) is 26.7 Å². The van der Waals surface area contributed by atoms with Crippen molar-refractivity contribution in [2.24, 2.45) is 11.8 Å². The number of esters is 2. The van der Waals surface area contributed by atoms with E-state index < -0.39 is 35.9 Å². The first-order chi connectivity index (χ1) is 18.4. The minimum absolute atomic E-state index is 0.00844. The molecule has 9 nitrogen and oxygen atoms in total. The number of ketones is 1. The van der Waals surface area contributed by atoms with Gasteiger partial charge in [0.25, 0.3) is 0 Å². The highest BCUT2D eigenvalue weighted by molar-refractivity contribution is 6.00. The Hall–Kier alpha value is -3.88. The minimum atomic E-state index is -1.18. The Kier molecular flexibility index (Phi) is 10.7. The van der Waals surface area contributed by atoms with Gasteiger partial charge in [0.15, 0.2) is 5.78 Å². The largest absolute Gasteiger partial charge is 0.494 e. The van der Waals surface area contributed by atoms with Gasteiger partial charge in [-0.15, -0.1) is 0 Å². The number of amides is 1. The molecule has 1 heterocycles. The number of hydrogen-bond donors (Lipinski definition) is 0. The van der Waals surface area contributed by atoms with Crippen molar-refractivity contribution in [1.29, 1.82) is 0 Å². The quantitative estimate of drug-likeness (QED) is 0.173. The summed E-state index contributed by atoms with van der Waals surface area (Å²) in [6, 6.07) is 14.6. The molecule has 0 aromatic heterocycles. The molecule has 2 aromatic rings. The smallest absolute Gasteiger partial charge is 0.410 e. The summed E-state index contributed by atoms with van der Waals surface area (Å²) in [4.78, 5) is 53.4. The van der Waals surface area contributed by atoms with Crippen molar-refractivity contribution in [2.75, 3.05) is 26.9 Å². The van der Waals surface area contributed by atoms with Gasteiger partial charge >= 0.3 is 18.0 Å². The lowest BCUT2D eigenvalue weighted by Gasteiger charge is -2.25. The molecule has 0 N–H and O–H groups in total. The number of nitrogens with zero attached hydrogens (tertiary/aromatic N) is 1. The van der Waals surface area contributed by atoms with E-state index in [9.17, 15) is 19.2 Å². The number of methoxy groups -OCH3 is 1. The lowest BCUT2D eigenvalue weighted by molar-refractivity contribution is -0.150. The number of Topliss-reactive ketones (excluding diaryl/α,β-unsaturated/α-hetero) is 1. The van der Waals surface area contributed by atoms with Crippen LogP contribution in [0.4, 0.5) is 4.79 Å². The van der Waals surface area contributed by atoms with E-state index in [2.05, 4.69) is 6.92 Å². The minimum Gasteiger partial charge on any atom is -0.494 e. The average molecular weight is 526 g/mol. The SMILES string of the molecule is CCCCOc1ccc(C(=O)[C@H]2CN(C(=O)OCc3ccccc3)[C@H](C(=O)OCC)[C@H]2CC(=O)OC)cc1. The highest BCUT2D eigenvalue weighted by Crippen LogP contribution is 2.37. The van der Waals surface area contributed by atoms with Crippen molar-refractivity contribution in [2.45, 2.75) is 45.8 Å². The molecule has 3 atom stereocenters. The van der Waals surface area contributed by atoms with Gasteiger partial charge in [0, 0.05) is 23.9 Å². The van der Waals surface area contributed by atoms with Crippen LogP contribution < -0.4 is 4.74 Å². The summed E-state index contributed by atoms with van der Waals surface area (Å²) in [5.41, 5.74) is 1.16. The van der Waals surface area contributed by atoms with Gasteiger partial charge in [-0.05, 0) is 43.2 Å². The molecule has 0 saturated carbocycles. The van der Waals surface area contributed by atoms with Crippen LogP contribution in [0.25, 0.3) is 0 Å². The van der Waals surface area contributed by atoms with E-state index in [4.69, 9.17) is 18.9 Å². The summed E-state index contributed by atoms with van der Waals surface area (Å²) < 4.78 is 21.2. The zero-order valence-corrected chi connectivity index (χ0v) is 22.1. The van der Waals surface area contributed by atoms with Crippen LogP contribution in [0.3, 0.4) is 0 Å². The Morgan fingerprint density at radius 1 is 0.947 bits per heavy atom. The van der Waals surface area contributed by atoms with Crippen LogP contribution in [0.15, 0.2) is 54.6 Å². The van der Waals surface area contributed by atoms with Crippen molar-refractivity contribution in [3.8, 4) is 5.75 Å². The molecular weight excluding hydrogens is 490 g/mol. The molecule has 0 aliphatic carbocycles. The van der Waals surface area contributed by atoms with E-state index in [-0.39, 0.29) is 32.0 Å². The highest BCUT2D eigenvalue weighted by Gasteiger charge is 2.52. The molecule has 2 aromatic carbocycles. The van der Waals surface area contributed by atoms with Crippen molar-refractivity contribution in [1.82, 2.24) is 4.90 Å². The van der Waals surface area contributed by atoms with Crippen LogP contribution in [0.1, 0.15) is 49.0 Å². The maximum Gasteiger partial charge on any atom is 0.410 e. The van der Waals surface area contributed by atoms with E-state index in [1.165, 1.54) is 12.0 Å². The van der Waals surface area contributed by atoms with Gasteiger partial charge in [0.1, 0.15) is 18.4 Å². The lowest BCUT2D eigenvalue weighted by atomic mass is 9.82. The number of ether oxygens (including phenoxy) is 4. The van der Waals surface area contributed by atoms with Crippen LogP contribution in [-0.4, -0.2) is 61.6 Å². The summed E-state index contributed by atoms with van der Waals surface area (Å²) in [6.45, 7) is 4.26. The Bertz CT molecular complexity index is 1090. The molecule has 1 saturated heterocycles. The fourth-order valence-corrected chi connectivity index (χ4v) is 4.50. The first-order valence-electron chi connectivity index (χ1n) is 12.9. The molecular formula is C29H35NO8. The molecule has 3 rings (SSSR count). The van der Waals surface area contributed by atoms with Crippen LogP contribution in [0.5, 0.6) is 5.75 Å². The van der Waals surface area contributed by atoms with Gasteiger partial charge in [0.2, 0.25) is 0 Å².